The van der Waals surface area contributed by atoms with Crippen molar-refractivity contribution >= 4 is 10.0 Å². The number of primary sulfonamides is 1. The molecule has 0 saturated carbocycles. The van der Waals surface area contributed by atoms with E-state index in [9.17, 15) is 8.42 Å². The zero-order chi connectivity index (χ0) is 13.8. The zero-order valence-electron chi connectivity index (χ0n) is 10.8. The Balaban J connectivity index is 2.55. The molecule has 102 valence electrons. The number of methoxy groups -OCH3 is 1. The maximum atomic E-state index is 11.0. The Morgan fingerprint density at radius 2 is 1.78 bits per heavy atom. The first-order valence-electron chi connectivity index (χ1n) is 5.55. The highest BCUT2D eigenvalue weighted by Crippen LogP contribution is 2.17. The van der Waals surface area contributed by atoms with Crippen molar-refractivity contribution in [2.45, 2.75) is 30.8 Å². The number of sulfonamides is 1. The molecule has 0 aliphatic rings. The van der Waals surface area contributed by atoms with Crippen LogP contribution in [0, 0.1) is 0 Å². The van der Waals surface area contributed by atoms with Crippen molar-refractivity contribution in [3.8, 4) is 5.75 Å². The van der Waals surface area contributed by atoms with Crippen LogP contribution in [0.1, 0.15) is 20.3 Å². The summed E-state index contributed by atoms with van der Waals surface area (Å²) in [4.78, 5) is 0.0760. The molecule has 18 heavy (non-hydrogen) atoms. The Hall–Kier alpha value is -1.11. The molecule has 2 N–H and O–H groups in total. The third-order valence-electron chi connectivity index (χ3n) is 2.68. The van der Waals surface area contributed by atoms with E-state index in [1.165, 1.54) is 12.1 Å². The fourth-order valence-corrected chi connectivity index (χ4v) is 1.76. The predicted octanol–water partition coefficient (Wildman–Crippen LogP) is 1.53. The second-order valence-corrected chi connectivity index (χ2v) is 6.14. The van der Waals surface area contributed by atoms with Crippen LogP contribution in [0.25, 0.3) is 0 Å². The fraction of sp³-hybridized carbons (Fsp3) is 0.500. The molecule has 0 heterocycles. The Bertz CT molecular complexity index is 479. The Morgan fingerprint density at radius 3 is 2.22 bits per heavy atom. The topological polar surface area (TPSA) is 78.6 Å². The molecule has 0 aromatic heterocycles. The molecule has 1 aromatic rings. The maximum Gasteiger partial charge on any atom is 0.238 e. The highest BCUT2D eigenvalue weighted by atomic mass is 32.2. The standard InChI is InChI=1S/C12H19NO4S/c1-12(2,16-3)8-9-17-10-4-6-11(7-5-10)18(13,14)15/h4-7H,8-9H2,1-3H3,(H2,13,14,15). The summed E-state index contributed by atoms with van der Waals surface area (Å²) in [6.45, 7) is 4.44. The van der Waals surface area contributed by atoms with Crippen LogP contribution in [0.3, 0.4) is 0 Å². The third kappa shape index (κ3) is 4.64. The normalized spacial score (nSPS) is 12.4. The summed E-state index contributed by atoms with van der Waals surface area (Å²) < 4.78 is 32.9. The molecule has 0 saturated heterocycles. The Kier molecular flexibility index (Phi) is 4.72. The average molecular weight is 273 g/mol. The van der Waals surface area contributed by atoms with Gasteiger partial charge in [0, 0.05) is 13.5 Å². The van der Waals surface area contributed by atoms with Crippen molar-refractivity contribution in [3.63, 3.8) is 0 Å². The molecule has 1 aromatic carbocycles. The number of benzene rings is 1. The smallest absolute Gasteiger partial charge is 0.238 e. The van der Waals surface area contributed by atoms with Gasteiger partial charge in [-0.05, 0) is 38.1 Å². The van der Waals surface area contributed by atoms with E-state index in [0.717, 1.165) is 6.42 Å². The van der Waals surface area contributed by atoms with Gasteiger partial charge in [0.15, 0.2) is 0 Å². The van der Waals surface area contributed by atoms with E-state index in [4.69, 9.17) is 14.6 Å². The molecule has 0 fully saturated rings. The van der Waals surface area contributed by atoms with Crippen molar-refractivity contribution in [2.75, 3.05) is 13.7 Å². The summed E-state index contributed by atoms with van der Waals surface area (Å²) in [5.41, 5.74) is -0.236. The number of hydrogen-bond donors (Lipinski definition) is 1. The van der Waals surface area contributed by atoms with E-state index in [2.05, 4.69) is 0 Å². The van der Waals surface area contributed by atoms with E-state index in [1.54, 1.807) is 19.2 Å². The maximum absolute atomic E-state index is 11.0. The Labute approximate surface area is 108 Å². The van der Waals surface area contributed by atoms with Gasteiger partial charge >= 0.3 is 0 Å². The van der Waals surface area contributed by atoms with Crippen molar-refractivity contribution in [3.05, 3.63) is 24.3 Å². The number of hydrogen-bond acceptors (Lipinski definition) is 4. The molecular formula is C12H19NO4S. The summed E-state index contributed by atoms with van der Waals surface area (Å²) in [5.74, 6) is 0.606. The van der Waals surface area contributed by atoms with Crippen LogP contribution in [0.2, 0.25) is 0 Å². The summed E-state index contributed by atoms with van der Waals surface area (Å²) >= 11 is 0. The van der Waals surface area contributed by atoms with Gasteiger partial charge in [-0.15, -0.1) is 0 Å². The first-order chi connectivity index (χ1) is 8.24. The predicted molar refractivity (Wildman–Crippen MR) is 69.0 cm³/mol. The molecule has 0 spiro atoms. The largest absolute Gasteiger partial charge is 0.493 e. The minimum Gasteiger partial charge on any atom is -0.493 e. The van der Waals surface area contributed by atoms with Crippen LogP contribution in [0.4, 0.5) is 0 Å². The SMILES string of the molecule is COC(C)(C)CCOc1ccc(S(N)(=O)=O)cc1. The highest BCUT2D eigenvalue weighted by Gasteiger charge is 2.16. The van der Waals surface area contributed by atoms with Crippen molar-refractivity contribution in [1.29, 1.82) is 0 Å². The summed E-state index contributed by atoms with van der Waals surface area (Å²) in [5, 5.41) is 5.00. The lowest BCUT2D eigenvalue weighted by Gasteiger charge is -2.22. The van der Waals surface area contributed by atoms with Gasteiger partial charge < -0.3 is 9.47 Å². The molecule has 0 aliphatic heterocycles. The van der Waals surface area contributed by atoms with E-state index in [-0.39, 0.29) is 10.5 Å². The highest BCUT2D eigenvalue weighted by molar-refractivity contribution is 7.89. The average Bonchev–Trinajstić information content (AvgIpc) is 2.28. The molecule has 1 rings (SSSR count). The van der Waals surface area contributed by atoms with E-state index >= 15 is 0 Å². The van der Waals surface area contributed by atoms with Gasteiger partial charge in [0.2, 0.25) is 10.0 Å². The second-order valence-electron chi connectivity index (χ2n) is 4.58. The zero-order valence-corrected chi connectivity index (χ0v) is 11.7. The molecule has 0 bridgehead atoms. The molecular weight excluding hydrogens is 254 g/mol. The lowest BCUT2D eigenvalue weighted by atomic mass is 10.1. The van der Waals surface area contributed by atoms with Gasteiger partial charge in [0.25, 0.3) is 0 Å². The molecule has 5 nitrogen and oxygen atoms in total. The minimum absolute atomic E-state index is 0.0760. The molecule has 0 amide bonds. The lowest BCUT2D eigenvalue weighted by molar-refractivity contribution is 0.00545. The number of nitrogens with two attached hydrogens (primary N) is 1. The number of ether oxygens (including phenoxy) is 2. The first-order valence-corrected chi connectivity index (χ1v) is 7.10. The third-order valence-corrected chi connectivity index (χ3v) is 3.61. The van der Waals surface area contributed by atoms with Crippen LogP contribution in [-0.2, 0) is 14.8 Å². The van der Waals surface area contributed by atoms with Crippen LogP contribution in [-0.4, -0.2) is 27.7 Å². The Morgan fingerprint density at radius 1 is 1.22 bits per heavy atom. The van der Waals surface area contributed by atoms with E-state index in [1.807, 2.05) is 13.8 Å². The number of rotatable bonds is 6. The summed E-state index contributed by atoms with van der Waals surface area (Å²) in [6.07, 6.45) is 0.737. The van der Waals surface area contributed by atoms with Crippen LogP contribution in [0.5, 0.6) is 5.75 Å². The van der Waals surface area contributed by atoms with Gasteiger partial charge in [0.1, 0.15) is 5.75 Å². The fourth-order valence-electron chi connectivity index (χ4n) is 1.24. The molecule has 0 atom stereocenters. The van der Waals surface area contributed by atoms with Gasteiger partial charge in [-0.2, -0.15) is 0 Å². The first kappa shape index (κ1) is 14.9. The van der Waals surface area contributed by atoms with E-state index in [0.29, 0.717) is 12.4 Å². The van der Waals surface area contributed by atoms with Gasteiger partial charge in [0.05, 0.1) is 17.1 Å². The molecule has 6 heteroatoms. The second kappa shape index (κ2) is 5.69. The van der Waals surface area contributed by atoms with Crippen LogP contribution >= 0.6 is 0 Å². The van der Waals surface area contributed by atoms with Gasteiger partial charge in [-0.25, -0.2) is 13.6 Å². The van der Waals surface area contributed by atoms with E-state index < -0.39 is 10.0 Å². The molecule has 0 radical (unpaired) electrons. The van der Waals surface area contributed by atoms with Gasteiger partial charge in [-0.1, -0.05) is 0 Å². The van der Waals surface area contributed by atoms with Crippen LogP contribution in [0.15, 0.2) is 29.2 Å². The minimum atomic E-state index is -3.64. The monoisotopic (exact) mass is 273 g/mol. The molecule has 0 unspecified atom stereocenters. The quantitative estimate of drug-likeness (QED) is 0.852. The van der Waals surface area contributed by atoms with Crippen LogP contribution < -0.4 is 9.88 Å². The summed E-state index contributed by atoms with van der Waals surface area (Å²) in [7, 11) is -1.99. The van der Waals surface area contributed by atoms with Gasteiger partial charge in [-0.3, -0.25) is 0 Å². The summed E-state index contributed by atoms with van der Waals surface area (Å²) in [6, 6.07) is 6.01. The lowest BCUT2D eigenvalue weighted by Crippen LogP contribution is -2.25. The van der Waals surface area contributed by atoms with Crippen molar-refractivity contribution < 1.29 is 17.9 Å². The van der Waals surface area contributed by atoms with Crippen molar-refractivity contribution in [1.82, 2.24) is 0 Å². The molecule has 0 aliphatic carbocycles. The van der Waals surface area contributed by atoms with Crippen molar-refractivity contribution in [2.24, 2.45) is 5.14 Å².